The minimum atomic E-state index is 0.109. The Morgan fingerprint density at radius 3 is 2.50 bits per heavy atom. The van der Waals surface area contributed by atoms with E-state index in [0.717, 1.165) is 22.5 Å². The molecule has 20 heavy (non-hydrogen) atoms. The van der Waals surface area contributed by atoms with Crippen molar-refractivity contribution in [2.24, 2.45) is 7.05 Å². The quantitative estimate of drug-likeness (QED) is 0.879. The van der Waals surface area contributed by atoms with Crippen molar-refractivity contribution in [3.8, 4) is 5.75 Å². The smallest absolute Gasteiger partial charge is 0.119 e. The SMILES string of the molecule is CCNC(c1ccc(OCC)cc1)c1c(Br)cnn1C. The van der Waals surface area contributed by atoms with E-state index < -0.39 is 0 Å². The molecule has 1 heterocycles. The highest BCUT2D eigenvalue weighted by Gasteiger charge is 2.19. The first-order chi connectivity index (χ1) is 9.67. The lowest BCUT2D eigenvalue weighted by Crippen LogP contribution is -2.24. The monoisotopic (exact) mass is 337 g/mol. The number of nitrogens with zero attached hydrogens (tertiary/aromatic N) is 2. The highest BCUT2D eigenvalue weighted by molar-refractivity contribution is 9.10. The highest BCUT2D eigenvalue weighted by atomic mass is 79.9. The third kappa shape index (κ3) is 3.22. The van der Waals surface area contributed by atoms with Crippen LogP contribution in [0, 0.1) is 0 Å². The van der Waals surface area contributed by atoms with E-state index in [9.17, 15) is 0 Å². The first kappa shape index (κ1) is 15.1. The maximum absolute atomic E-state index is 5.49. The fraction of sp³-hybridized carbons (Fsp3) is 0.400. The number of aromatic nitrogens is 2. The van der Waals surface area contributed by atoms with Gasteiger partial charge >= 0.3 is 0 Å². The lowest BCUT2D eigenvalue weighted by molar-refractivity contribution is 0.340. The highest BCUT2D eigenvalue weighted by Crippen LogP contribution is 2.29. The number of hydrogen-bond acceptors (Lipinski definition) is 3. The summed E-state index contributed by atoms with van der Waals surface area (Å²) < 4.78 is 8.40. The van der Waals surface area contributed by atoms with Gasteiger partial charge in [0.25, 0.3) is 0 Å². The van der Waals surface area contributed by atoms with Crippen LogP contribution in [0.2, 0.25) is 0 Å². The Morgan fingerprint density at radius 1 is 1.30 bits per heavy atom. The van der Waals surface area contributed by atoms with Crippen molar-refractivity contribution in [3.05, 3.63) is 46.2 Å². The third-order valence-electron chi connectivity index (χ3n) is 3.14. The minimum Gasteiger partial charge on any atom is -0.494 e. The van der Waals surface area contributed by atoms with Gasteiger partial charge in [0.1, 0.15) is 5.75 Å². The van der Waals surface area contributed by atoms with Gasteiger partial charge in [0, 0.05) is 7.05 Å². The molecule has 0 spiro atoms. The lowest BCUT2D eigenvalue weighted by Gasteiger charge is -2.20. The number of hydrogen-bond donors (Lipinski definition) is 1. The third-order valence-corrected chi connectivity index (χ3v) is 3.75. The van der Waals surface area contributed by atoms with Crippen molar-refractivity contribution in [2.45, 2.75) is 19.9 Å². The van der Waals surface area contributed by atoms with Crippen LogP contribution in [0.1, 0.15) is 31.1 Å². The molecule has 0 aliphatic rings. The van der Waals surface area contributed by atoms with Gasteiger partial charge in [-0.1, -0.05) is 19.1 Å². The minimum absolute atomic E-state index is 0.109. The Balaban J connectivity index is 2.33. The number of ether oxygens (including phenoxy) is 1. The Kier molecular flexibility index (Phi) is 5.20. The number of nitrogens with one attached hydrogen (secondary N) is 1. The van der Waals surface area contributed by atoms with Crippen LogP contribution in [-0.2, 0) is 7.05 Å². The molecule has 0 saturated heterocycles. The Hall–Kier alpha value is -1.33. The molecule has 0 amide bonds. The van der Waals surface area contributed by atoms with Gasteiger partial charge in [0.15, 0.2) is 0 Å². The molecule has 0 saturated carbocycles. The number of halogens is 1. The molecule has 108 valence electrons. The molecule has 0 aliphatic carbocycles. The van der Waals surface area contributed by atoms with Gasteiger partial charge in [-0.2, -0.15) is 5.10 Å². The van der Waals surface area contributed by atoms with E-state index >= 15 is 0 Å². The predicted molar refractivity (Wildman–Crippen MR) is 84.0 cm³/mol. The fourth-order valence-corrected chi connectivity index (χ4v) is 2.82. The molecule has 1 N–H and O–H groups in total. The predicted octanol–water partition coefficient (Wildman–Crippen LogP) is 3.28. The van der Waals surface area contributed by atoms with Crippen LogP contribution in [0.25, 0.3) is 0 Å². The maximum Gasteiger partial charge on any atom is 0.119 e. The summed E-state index contributed by atoms with van der Waals surface area (Å²) >= 11 is 3.58. The molecular formula is C15H20BrN3O. The molecular weight excluding hydrogens is 318 g/mol. The molecule has 0 bridgehead atoms. The molecule has 1 atom stereocenters. The molecule has 5 heteroatoms. The summed E-state index contributed by atoms with van der Waals surface area (Å²) in [7, 11) is 1.96. The first-order valence-electron chi connectivity index (χ1n) is 6.80. The van der Waals surface area contributed by atoms with Crippen molar-refractivity contribution >= 4 is 15.9 Å². The standard InChI is InChI=1S/C15H20BrN3O/c1-4-17-14(15-13(16)10-18-19(15)3)11-6-8-12(9-7-11)20-5-2/h6-10,14,17H,4-5H2,1-3H3. The van der Waals surface area contributed by atoms with Crippen molar-refractivity contribution < 1.29 is 4.74 Å². The van der Waals surface area contributed by atoms with Crippen LogP contribution in [0.4, 0.5) is 0 Å². The van der Waals surface area contributed by atoms with Crippen molar-refractivity contribution in [1.29, 1.82) is 0 Å². The van der Waals surface area contributed by atoms with E-state index in [4.69, 9.17) is 4.74 Å². The average molecular weight is 338 g/mol. The van der Waals surface area contributed by atoms with Crippen LogP contribution < -0.4 is 10.1 Å². The van der Waals surface area contributed by atoms with Crippen LogP contribution in [0.3, 0.4) is 0 Å². The Labute approximate surface area is 128 Å². The molecule has 1 unspecified atom stereocenters. The normalized spacial score (nSPS) is 12.4. The van der Waals surface area contributed by atoms with E-state index in [0.29, 0.717) is 6.61 Å². The van der Waals surface area contributed by atoms with Crippen LogP contribution in [0.5, 0.6) is 5.75 Å². The molecule has 1 aromatic heterocycles. The zero-order chi connectivity index (χ0) is 14.5. The van der Waals surface area contributed by atoms with Crippen molar-refractivity contribution in [3.63, 3.8) is 0 Å². The van der Waals surface area contributed by atoms with Gasteiger partial charge in [-0.25, -0.2) is 0 Å². The number of aryl methyl sites for hydroxylation is 1. The summed E-state index contributed by atoms with van der Waals surface area (Å²) in [6, 6.07) is 8.31. The molecule has 0 fully saturated rings. The second-order valence-corrected chi connectivity index (χ2v) is 5.35. The topological polar surface area (TPSA) is 39.1 Å². The van der Waals surface area contributed by atoms with E-state index in [1.807, 2.05) is 37.0 Å². The maximum atomic E-state index is 5.49. The molecule has 4 nitrogen and oxygen atoms in total. The van der Waals surface area contributed by atoms with E-state index in [-0.39, 0.29) is 6.04 Å². The summed E-state index contributed by atoms with van der Waals surface area (Å²) in [6.07, 6.45) is 1.83. The lowest BCUT2D eigenvalue weighted by atomic mass is 10.0. The first-order valence-corrected chi connectivity index (χ1v) is 7.60. The van der Waals surface area contributed by atoms with Gasteiger partial charge in [-0.05, 0) is 47.1 Å². The van der Waals surface area contributed by atoms with Crippen LogP contribution in [0.15, 0.2) is 34.9 Å². The molecule has 0 aliphatic heterocycles. The van der Waals surface area contributed by atoms with Gasteiger partial charge in [-0.3, -0.25) is 4.68 Å². The zero-order valence-electron chi connectivity index (χ0n) is 12.1. The zero-order valence-corrected chi connectivity index (χ0v) is 13.6. The molecule has 0 radical (unpaired) electrons. The Bertz CT molecular complexity index is 531. The largest absolute Gasteiger partial charge is 0.494 e. The fourth-order valence-electron chi connectivity index (χ4n) is 2.24. The summed E-state index contributed by atoms with van der Waals surface area (Å²) in [5.41, 5.74) is 2.32. The van der Waals surface area contributed by atoms with Gasteiger partial charge in [0.2, 0.25) is 0 Å². The number of benzene rings is 1. The van der Waals surface area contributed by atoms with Gasteiger partial charge in [-0.15, -0.1) is 0 Å². The molecule has 2 rings (SSSR count). The van der Waals surface area contributed by atoms with Crippen LogP contribution >= 0.6 is 15.9 Å². The van der Waals surface area contributed by atoms with Crippen molar-refractivity contribution in [1.82, 2.24) is 15.1 Å². The molecule has 2 aromatic rings. The molecule has 1 aromatic carbocycles. The Morgan fingerprint density at radius 2 is 2.00 bits per heavy atom. The summed E-state index contributed by atoms with van der Waals surface area (Å²) in [4.78, 5) is 0. The summed E-state index contributed by atoms with van der Waals surface area (Å²) in [5, 5.41) is 7.80. The van der Waals surface area contributed by atoms with Crippen molar-refractivity contribution in [2.75, 3.05) is 13.2 Å². The van der Waals surface area contributed by atoms with E-state index in [2.05, 4.69) is 45.4 Å². The van der Waals surface area contributed by atoms with Gasteiger partial charge < -0.3 is 10.1 Å². The van der Waals surface area contributed by atoms with E-state index in [1.54, 1.807) is 0 Å². The van der Waals surface area contributed by atoms with E-state index in [1.165, 1.54) is 5.56 Å². The second kappa shape index (κ2) is 6.90. The van der Waals surface area contributed by atoms with Gasteiger partial charge in [0.05, 0.1) is 29.0 Å². The van der Waals surface area contributed by atoms with Crippen LogP contribution in [-0.4, -0.2) is 22.9 Å². The average Bonchev–Trinajstić information content (AvgIpc) is 2.77. The summed E-state index contributed by atoms with van der Waals surface area (Å²) in [5.74, 6) is 0.899. The number of rotatable bonds is 6. The summed E-state index contributed by atoms with van der Waals surface area (Å²) in [6.45, 7) is 5.66. The second-order valence-electron chi connectivity index (χ2n) is 4.49.